The third-order valence-electron chi connectivity index (χ3n) is 4.31. The molecule has 0 atom stereocenters. The van der Waals surface area contributed by atoms with E-state index in [0.29, 0.717) is 28.8 Å². The molecule has 0 spiro atoms. The van der Waals surface area contributed by atoms with Gasteiger partial charge < -0.3 is 15.3 Å². The van der Waals surface area contributed by atoms with E-state index in [2.05, 4.69) is 12.2 Å². The van der Waals surface area contributed by atoms with Crippen LogP contribution in [0.4, 0.5) is 10.5 Å². The predicted octanol–water partition coefficient (Wildman–Crippen LogP) is 4.01. The number of carbonyl (C=O) groups is 1. The summed E-state index contributed by atoms with van der Waals surface area (Å²) in [5.41, 5.74) is 0.558. The maximum absolute atomic E-state index is 12.2. The van der Waals surface area contributed by atoms with Gasteiger partial charge >= 0.3 is 6.03 Å². The van der Waals surface area contributed by atoms with Gasteiger partial charge in [-0.1, -0.05) is 30.1 Å². The van der Waals surface area contributed by atoms with Crippen molar-refractivity contribution in [3.8, 4) is 0 Å². The van der Waals surface area contributed by atoms with Crippen molar-refractivity contribution < 1.29 is 9.90 Å². The number of halogens is 2. The fourth-order valence-electron chi connectivity index (χ4n) is 2.64. The summed E-state index contributed by atoms with van der Waals surface area (Å²) in [7, 11) is 0. The molecule has 0 unspecified atom stereocenters. The highest BCUT2D eigenvalue weighted by atomic mass is 35.5. The van der Waals surface area contributed by atoms with E-state index in [1.165, 1.54) is 0 Å². The summed E-state index contributed by atoms with van der Waals surface area (Å²) in [5, 5.41) is 13.3. The third kappa shape index (κ3) is 4.02. The molecular formula is C15H20Cl2N2O2. The Morgan fingerprint density at radius 1 is 1.29 bits per heavy atom. The van der Waals surface area contributed by atoms with Gasteiger partial charge in [0.2, 0.25) is 0 Å². The zero-order chi connectivity index (χ0) is 15.5. The standard InChI is InChI=1S/C15H20Cl2N2O2/c1-2-15(10-20)3-5-19(6-4-15)14(21)18-13-8-11(16)7-12(17)9-13/h7-9,20H,2-6,10H2,1H3,(H,18,21). The lowest BCUT2D eigenvalue weighted by molar-refractivity contribution is 0.0542. The van der Waals surface area contributed by atoms with Crippen LogP contribution in [-0.2, 0) is 0 Å². The van der Waals surface area contributed by atoms with E-state index >= 15 is 0 Å². The van der Waals surface area contributed by atoms with Gasteiger partial charge in [-0.3, -0.25) is 0 Å². The average Bonchev–Trinajstić information content (AvgIpc) is 2.46. The number of piperidine rings is 1. The summed E-state index contributed by atoms with van der Waals surface area (Å²) in [4.78, 5) is 14.0. The van der Waals surface area contributed by atoms with Crippen LogP contribution < -0.4 is 5.32 Å². The number of rotatable bonds is 3. The first kappa shape index (κ1) is 16.4. The van der Waals surface area contributed by atoms with Crippen LogP contribution >= 0.6 is 23.2 Å². The summed E-state index contributed by atoms with van der Waals surface area (Å²) in [5.74, 6) is 0. The van der Waals surface area contributed by atoms with E-state index in [1.807, 2.05) is 0 Å². The molecule has 0 radical (unpaired) electrons. The van der Waals surface area contributed by atoms with Crippen LogP contribution in [0.3, 0.4) is 0 Å². The maximum atomic E-state index is 12.2. The second kappa shape index (κ2) is 6.86. The lowest BCUT2D eigenvalue weighted by Crippen LogP contribution is -2.46. The number of aliphatic hydroxyl groups excluding tert-OH is 1. The van der Waals surface area contributed by atoms with E-state index in [0.717, 1.165) is 19.3 Å². The smallest absolute Gasteiger partial charge is 0.321 e. The van der Waals surface area contributed by atoms with E-state index < -0.39 is 0 Å². The molecule has 0 aromatic heterocycles. The fraction of sp³-hybridized carbons (Fsp3) is 0.533. The Morgan fingerprint density at radius 2 is 1.86 bits per heavy atom. The highest BCUT2D eigenvalue weighted by Gasteiger charge is 2.33. The van der Waals surface area contributed by atoms with Crippen LogP contribution in [0.2, 0.25) is 10.0 Å². The molecule has 1 saturated heterocycles. The van der Waals surface area contributed by atoms with Crippen LogP contribution in [-0.4, -0.2) is 35.7 Å². The first-order valence-corrected chi connectivity index (χ1v) is 7.86. The summed E-state index contributed by atoms with van der Waals surface area (Å²) in [6.45, 7) is 3.56. The third-order valence-corrected chi connectivity index (χ3v) is 4.75. The summed E-state index contributed by atoms with van der Waals surface area (Å²) < 4.78 is 0. The van der Waals surface area contributed by atoms with E-state index in [4.69, 9.17) is 23.2 Å². The predicted molar refractivity (Wildman–Crippen MR) is 86.1 cm³/mol. The van der Waals surface area contributed by atoms with Gasteiger partial charge in [-0.25, -0.2) is 4.79 Å². The van der Waals surface area contributed by atoms with Crippen molar-refractivity contribution in [2.24, 2.45) is 5.41 Å². The maximum Gasteiger partial charge on any atom is 0.321 e. The molecule has 1 aromatic rings. The Kier molecular flexibility index (Phi) is 5.36. The van der Waals surface area contributed by atoms with Crippen LogP contribution in [0.25, 0.3) is 0 Å². The Bertz CT molecular complexity index is 488. The number of nitrogens with one attached hydrogen (secondary N) is 1. The van der Waals surface area contributed by atoms with Crippen molar-refractivity contribution in [1.29, 1.82) is 0 Å². The number of likely N-dealkylation sites (tertiary alicyclic amines) is 1. The van der Waals surface area contributed by atoms with Gasteiger partial charge in [-0.15, -0.1) is 0 Å². The molecule has 0 saturated carbocycles. The minimum atomic E-state index is -0.157. The molecule has 21 heavy (non-hydrogen) atoms. The number of nitrogens with zero attached hydrogens (tertiary/aromatic N) is 1. The Balaban J connectivity index is 1.96. The number of hydrogen-bond donors (Lipinski definition) is 2. The van der Waals surface area contributed by atoms with Crippen molar-refractivity contribution in [3.05, 3.63) is 28.2 Å². The topological polar surface area (TPSA) is 52.6 Å². The molecule has 2 N–H and O–H groups in total. The average molecular weight is 331 g/mol. The minimum Gasteiger partial charge on any atom is -0.396 e. The molecule has 1 fully saturated rings. The van der Waals surface area contributed by atoms with Gasteiger partial charge in [0.1, 0.15) is 0 Å². The Labute approximate surface area is 135 Å². The zero-order valence-electron chi connectivity index (χ0n) is 12.0. The monoisotopic (exact) mass is 330 g/mol. The minimum absolute atomic E-state index is 0.0316. The second-order valence-electron chi connectivity index (χ2n) is 5.59. The lowest BCUT2D eigenvalue weighted by Gasteiger charge is -2.40. The molecule has 1 aliphatic heterocycles. The lowest BCUT2D eigenvalue weighted by atomic mass is 9.77. The molecule has 4 nitrogen and oxygen atoms in total. The molecular weight excluding hydrogens is 311 g/mol. The van der Waals surface area contributed by atoms with Gasteiger partial charge in [0.25, 0.3) is 0 Å². The first-order valence-electron chi connectivity index (χ1n) is 7.11. The number of amides is 2. The van der Waals surface area contributed by atoms with Crippen molar-refractivity contribution in [3.63, 3.8) is 0 Å². The molecule has 6 heteroatoms. The summed E-state index contributed by atoms with van der Waals surface area (Å²) >= 11 is 11.8. The number of carbonyl (C=O) groups excluding carboxylic acids is 1. The van der Waals surface area contributed by atoms with E-state index in [-0.39, 0.29) is 18.1 Å². The van der Waals surface area contributed by atoms with Gasteiger partial charge in [-0.05, 0) is 42.9 Å². The molecule has 2 rings (SSSR count). The summed E-state index contributed by atoms with van der Waals surface area (Å²) in [6.07, 6.45) is 2.58. The van der Waals surface area contributed by atoms with Crippen molar-refractivity contribution in [2.75, 3.05) is 25.0 Å². The largest absolute Gasteiger partial charge is 0.396 e. The van der Waals surface area contributed by atoms with Crippen molar-refractivity contribution >= 4 is 34.9 Å². The summed E-state index contributed by atoms with van der Waals surface area (Å²) in [6, 6.07) is 4.80. The fourth-order valence-corrected chi connectivity index (χ4v) is 3.16. The van der Waals surface area contributed by atoms with Gasteiger partial charge in [0.05, 0.1) is 0 Å². The van der Waals surface area contributed by atoms with Crippen LogP contribution in [0, 0.1) is 5.41 Å². The van der Waals surface area contributed by atoms with E-state index in [1.54, 1.807) is 23.1 Å². The second-order valence-corrected chi connectivity index (χ2v) is 6.46. The van der Waals surface area contributed by atoms with Gasteiger partial charge in [0.15, 0.2) is 0 Å². The number of anilines is 1. The van der Waals surface area contributed by atoms with Crippen molar-refractivity contribution in [2.45, 2.75) is 26.2 Å². The normalized spacial score (nSPS) is 17.6. The van der Waals surface area contributed by atoms with E-state index in [9.17, 15) is 9.90 Å². The number of aliphatic hydroxyl groups is 1. The quantitative estimate of drug-likeness (QED) is 0.879. The number of benzene rings is 1. The van der Waals surface area contributed by atoms with Crippen LogP contribution in [0.1, 0.15) is 26.2 Å². The molecule has 116 valence electrons. The van der Waals surface area contributed by atoms with Gasteiger partial charge in [0, 0.05) is 35.4 Å². The van der Waals surface area contributed by atoms with Crippen LogP contribution in [0.5, 0.6) is 0 Å². The number of urea groups is 1. The van der Waals surface area contributed by atoms with Crippen LogP contribution in [0.15, 0.2) is 18.2 Å². The van der Waals surface area contributed by atoms with Gasteiger partial charge in [-0.2, -0.15) is 0 Å². The highest BCUT2D eigenvalue weighted by molar-refractivity contribution is 6.35. The Morgan fingerprint density at radius 3 is 2.33 bits per heavy atom. The SMILES string of the molecule is CCC1(CO)CCN(C(=O)Nc2cc(Cl)cc(Cl)c2)CC1. The number of hydrogen-bond acceptors (Lipinski definition) is 2. The van der Waals surface area contributed by atoms with Crippen molar-refractivity contribution in [1.82, 2.24) is 4.90 Å². The first-order chi connectivity index (χ1) is 9.98. The molecule has 1 heterocycles. The highest BCUT2D eigenvalue weighted by Crippen LogP contribution is 2.34. The molecule has 1 aliphatic rings. The molecule has 2 amide bonds. The molecule has 1 aromatic carbocycles. The zero-order valence-corrected chi connectivity index (χ0v) is 13.5. The molecule has 0 aliphatic carbocycles. The Hall–Kier alpha value is -0.970. The molecule has 0 bridgehead atoms.